The van der Waals surface area contributed by atoms with E-state index in [1.807, 2.05) is 0 Å². The summed E-state index contributed by atoms with van der Waals surface area (Å²) in [5, 5.41) is 8.53. The van der Waals surface area contributed by atoms with Crippen LogP contribution in [0.4, 0.5) is 15.9 Å². The fourth-order valence-corrected chi connectivity index (χ4v) is 5.31. The number of rotatable bonds is 9. The molecule has 2 aliphatic carbocycles. The number of hydrogen-bond acceptors (Lipinski definition) is 7. The van der Waals surface area contributed by atoms with E-state index in [1.165, 1.54) is 17.1 Å². The van der Waals surface area contributed by atoms with E-state index in [1.54, 1.807) is 0 Å². The molecule has 10 nitrogen and oxygen atoms in total. The maximum absolute atomic E-state index is 14.1. The first-order chi connectivity index (χ1) is 14.9. The Bertz CT molecular complexity index is 1020. The molecule has 2 bridgehead atoms. The second-order valence-electron chi connectivity index (χ2n) is 8.21. The van der Waals surface area contributed by atoms with Crippen molar-refractivity contribution in [2.75, 3.05) is 5.32 Å². The Morgan fingerprint density at radius 3 is 2.94 bits per heavy atom. The third-order valence-electron chi connectivity index (χ3n) is 6.40. The molecular formula is C19H22ClFN7O3+. The predicted molar refractivity (Wildman–Crippen MR) is 107 cm³/mol. The van der Waals surface area contributed by atoms with Gasteiger partial charge in [0.1, 0.15) is 0 Å². The highest BCUT2D eigenvalue weighted by Crippen LogP contribution is 2.54. The highest BCUT2D eigenvalue weighted by Gasteiger charge is 2.54. The van der Waals surface area contributed by atoms with Gasteiger partial charge < -0.3 is 11.1 Å². The summed E-state index contributed by atoms with van der Waals surface area (Å²) in [4.78, 5) is 42.5. The first-order valence-corrected chi connectivity index (χ1v) is 10.4. The molecule has 0 aliphatic heterocycles. The molecular weight excluding hydrogens is 429 g/mol. The third-order valence-corrected chi connectivity index (χ3v) is 6.58. The van der Waals surface area contributed by atoms with E-state index >= 15 is 0 Å². The van der Waals surface area contributed by atoms with E-state index in [0.29, 0.717) is 12.8 Å². The number of aromatic nitrogens is 4. The Hall–Kier alpha value is -2.95. The van der Waals surface area contributed by atoms with E-state index in [2.05, 4.69) is 25.6 Å². The number of halogens is 2. The Balaban J connectivity index is 1.41. The van der Waals surface area contributed by atoms with Crippen molar-refractivity contribution in [2.45, 2.75) is 38.3 Å². The number of Topliss-reactive ketones (excluding diaryl/α,β-unsaturated/α-hetero) is 1. The number of carbonyl (C=O) groups is 2. The number of amides is 1. The summed E-state index contributed by atoms with van der Waals surface area (Å²) in [7, 11) is 0. The van der Waals surface area contributed by atoms with Crippen LogP contribution in [0.25, 0.3) is 0 Å². The molecule has 2 saturated carbocycles. The van der Waals surface area contributed by atoms with Crippen molar-refractivity contribution in [2.24, 2.45) is 34.6 Å². The summed E-state index contributed by atoms with van der Waals surface area (Å²) in [6.45, 7) is 0.118. The van der Waals surface area contributed by atoms with Gasteiger partial charge in [0, 0.05) is 12.5 Å². The van der Waals surface area contributed by atoms with Crippen LogP contribution >= 0.6 is 11.6 Å². The van der Waals surface area contributed by atoms with Crippen LogP contribution < -0.4 is 15.7 Å². The van der Waals surface area contributed by atoms with Crippen molar-refractivity contribution in [1.29, 1.82) is 0 Å². The van der Waals surface area contributed by atoms with E-state index < -0.39 is 17.6 Å². The molecule has 4 rings (SSSR count). The van der Waals surface area contributed by atoms with Crippen LogP contribution in [0, 0.1) is 34.4 Å². The topological polar surface area (TPSA) is 147 Å². The molecule has 2 fully saturated rings. The van der Waals surface area contributed by atoms with Crippen LogP contribution in [0.15, 0.2) is 23.8 Å². The van der Waals surface area contributed by atoms with Gasteiger partial charge in [-0.1, -0.05) is 0 Å². The van der Waals surface area contributed by atoms with Crippen LogP contribution in [0.1, 0.15) is 25.7 Å². The molecule has 2 heterocycles. The van der Waals surface area contributed by atoms with Gasteiger partial charge in [-0.05, 0) is 53.8 Å². The lowest BCUT2D eigenvalue weighted by Gasteiger charge is -2.35. The van der Waals surface area contributed by atoms with Crippen molar-refractivity contribution in [3.63, 3.8) is 0 Å². The average molecular weight is 451 g/mol. The highest BCUT2D eigenvalue weighted by molar-refractivity contribution is 6.28. The maximum Gasteiger partial charge on any atom is 0.229 e. The molecule has 2 aromatic heterocycles. The van der Waals surface area contributed by atoms with Crippen molar-refractivity contribution in [3.05, 3.63) is 34.6 Å². The zero-order valence-corrected chi connectivity index (χ0v) is 17.3. The molecule has 0 unspecified atom stereocenters. The van der Waals surface area contributed by atoms with Gasteiger partial charge >= 0.3 is 0 Å². The standard InChI is InChI=1S/C19H21ClFN7O3/c20-19-23-6-14(21)18(26-19)25-16-13-4-10(15(16)17(22)30)3-9(13)1-2-12(29)8-28-7-11(27-31)5-24-28/h5-7,9-10,13,15-16H,1-4,8H2,(H3,22,23,25,26,30)/p+1/t9-,10+,13-,15+,16-/m1/s1. The lowest BCUT2D eigenvalue weighted by Crippen LogP contribution is -2.45. The largest absolute Gasteiger partial charge is 0.369 e. The number of primary amides is 1. The van der Waals surface area contributed by atoms with Gasteiger partial charge in [0.2, 0.25) is 23.9 Å². The summed E-state index contributed by atoms with van der Waals surface area (Å²) in [5.74, 6) is -1.22. The molecule has 0 radical (unpaired) electrons. The van der Waals surface area contributed by atoms with Crippen LogP contribution in [0.3, 0.4) is 0 Å². The number of carbonyl (C=O) groups excluding carboxylic acids is 2. The zero-order chi connectivity index (χ0) is 22.1. The summed E-state index contributed by atoms with van der Waals surface area (Å²) >= 11 is 5.79. The molecule has 5 atom stereocenters. The number of nitrogens with two attached hydrogens (primary N) is 1. The summed E-state index contributed by atoms with van der Waals surface area (Å²) in [6.07, 6.45) is 6.46. The van der Waals surface area contributed by atoms with E-state index in [4.69, 9.17) is 17.3 Å². The summed E-state index contributed by atoms with van der Waals surface area (Å²) in [5.41, 5.74) is 5.87. The fraction of sp³-hybridized carbons (Fsp3) is 0.526. The fourth-order valence-electron chi connectivity index (χ4n) is 5.18. The monoisotopic (exact) mass is 450 g/mol. The lowest BCUT2D eigenvalue weighted by atomic mass is 9.76. The van der Waals surface area contributed by atoms with Gasteiger partial charge in [-0.25, -0.2) is 9.37 Å². The van der Waals surface area contributed by atoms with E-state index in [-0.39, 0.29) is 52.9 Å². The molecule has 1 amide bonds. The molecule has 2 aromatic rings. The minimum atomic E-state index is -0.658. The third kappa shape index (κ3) is 4.41. The minimum absolute atomic E-state index is 0.0108. The molecule has 4 N–H and O–H groups in total. The summed E-state index contributed by atoms with van der Waals surface area (Å²) in [6, 6.07) is -0.379. The van der Waals surface area contributed by atoms with Crippen LogP contribution in [0.5, 0.6) is 0 Å². The maximum atomic E-state index is 14.1. The number of fused-ring (bicyclic) bond motifs is 2. The van der Waals surface area contributed by atoms with Crippen molar-refractivity contribution >= 4 is 34.8 Å². The van der Waals surface area contributed by atoms with Crippen LogP contribution in [-0.4, -0.2) is 32.8 Å². The second kappa shape index (κ2) is 8.66. The van der Waals surface area contributed by atoms with Gasteiger partial charge in [-0.3, -0.25) is 9.59 Å². The number of ketones is 1. The molecule has 0 aromatic carbocycles. The zero-order valence-electron chi connectivity index (χ0n) is 16.5. The number of anilines is 1. The number of aromatic amines is 1. The molecule has 12 heteroatoms. The predicted octanol–water partition coefficient (Wildman–Crippen LogP) is 1.87. The van der Waals surface area contributed by atoms with Crippen LogP contribution in [0.2, 0.25) is 5.28 Å². The smallest absolute Gasteiger partial charge is 0.229 e. The van der Waals surface area contributed by atoms with Gasteiger partial charge in [-0.15, -0.1) is 9.59 Å². The number of nitrogens with zero attached hydrogens (tertiary/aromatic N) is 4. The Morgan fingerprint density at radius 2 is 2.23 bits per heavy atom. The van der Waals surface area contributed by atoms with Crippen molar-refractivity contribution < 1.29 is 18.7 Å². The van der Waals surface area contributed by atoms with Crippen LogP contribution in [-0.2, 0) is 16.1 Å². The summed E-state index contributed by atoms with van der Waals surface area (Å²) < 4.78 is 15.6. The highest BCUT2D eigenvalue weighted by atomic mass is 35.5. The number of hydrogen-bond donors (Lipinski definition) is 3. The van der Waals surface area contributed by atoms with E-state index in [0.717, 1.165) is 19.0 Å². The molecule has 2 aliphatic rings. The van der Waals surface area contributed by atoms with Gasteiger partial charge in [0.05, 0.1) is 18.3 Å². The van der Waals surface area contributed by atoms with Gasteiger partial charge in [-0.2, -0.15) is 10.1 Å². The second-order valence-corrected chi connectivity index (χ2v) is 8.55. The molecule has 0 saturated heterocycles. The average Bonchev–Trinajstić information content (AvgIpc) is 3.43. The van der Waals surface area contributed by atoms with Gasteiger partial charge in [0.15, 0.2) is 23.1 Å². The first-order valence-electron chi connectivity index (χ1n) is 10.0. The van der Waals surface area contributed by atoms with E-state index in [9.17, 15) is 18.9 Å². The Labute approximate surface area is 181 Å². The normalized spacial score (nSPS) is 26.7. The lowest BCUT2D eigenvalue weighted by molar-refractivity contribution is -0.738. The molecule has 164 valence electrons. The number of nitroso groups, excluding NO2 is 1. The SMILES string of the molecule is NC(=O)[C@H]1[C@H]2C[C@@H](CCC(=O)C[n+]3cc(N=O)c[nH]3)[C@@H](C2)[C@H]1Nc1nc(Cl)ncc1F. The first kappa shape index (κ1) is 21.3. The Kier molecular flexibility index (Phi) is 5.94. The number of H-pyrrole nitrogens is 1. The Morgan fingerprint density at radius 1 is 1.42 bits per heavy atom. The van der Waals surface area contributed by atoms with Crippen molar-refractivity contribution in [3.8, 4) is 0 Å². The molecule has 0 spiro atoms. The van der Waals surface area contributed by atoms with Gasteiger partial charge in [0.25, 0.3) is 0 Å². The van der Waals surface area contributed by atoms with Crippen molar-refractivity contribution in [1.82, 2.24) is 15.1 Å². The quantitative estimate of drug-likeness (QED) is 0.302. The molecule has 31 heavy (non-hydrogen) atoms. The minimum Gasteiger partial charge on any atom is -0.369 e. The number of nitrogens with one attached hydrogen (secondary N) is 2.